The number of ether oxygens (including phenoxy) is 1. The summed E-state index contributed by atoms with van der Waals surface area (Å²) in [4.78, 5) is 26.1. The summed E-state index contributed by atoms with van der Waals surface area (Å²) in [5, 5.41) is 3.01. The second kappa shape index (κ2) is 6.86. The van der Waals surface area contributed by atoms with Crippen LogP contribution in [0.2, 0.25) is 0 Å². The Labute approximate surface area is 148 Å². The van der Waals surface area contributed by atoms with E-state index in [1.54, 1.807) is 11.3 Å². The molecule has 0 aliphatic rings. The van der Waals surface area contributed by atoms with Crippen LogP contribution in [0.15, 0.2) is 17.5 Å². The van der Waals surface area contributed by atoms with Crippen LogP contribution in [0, 0.1) is 13.8 Å². The largest absolute Gasteiger partial charge is 0.462 e. The molecule has 3 aromatic heterocycles. The van der Waals surface area contributed by atoms with E-state index in [9.17, 15) is 4.79 Å². The molecule has 5 nitrogen and oxygen atoms in total. The number of esters is 1. The van der Waals surface area contributed by atoms with Crippen molar-refractivity contribution in [1.29, 1.82) is 0 Å². The Bertz CT molecular complexity index is 872. The molecule has 3 heterocycles. The second-order valence-corrected chi connectivity index (χ2v) is 7.52. The average Bonchev–Trinajstić information content (AvgIpc) is 3.15. The highest BCUT2D eigenvalue weighted by molar-refractivity contribution is 7.20. The molecule has 0 radical (unpaired) electrons. The summed E-state index contributed by atoms with van der Waals surface area (Å²) in [6, 6.07) is 4.15. The molecule has 24 heavy (non-hydrogen) atoms. The third-order valence-electron chi connectivity index (χ3n) is 3.68. The molecule has 0 atom stereocenters. The van der Waals surface area contributed by atoms with E-state index in [0.29, 0.717) is 17.3 Å². The van der Waals surface area contributed by atoms with Crippen molar-refractivity contribution >= 4 is 44.7 Å². The summed E-state index contributed by atoms with van der Waals surface area (Å²) in [6.45, 7) is 6.76. The van der Waals surface area contributed by atoms with E-state index < -0.39 is 0 Å². The number of fused-ring (bicyclic) bond motifs is 1. The van der Waals surface area contributed by atoms with Gasteiger partial charge < -0.3 is 9.64 Å². The van der Waals surface area contributed by atoms with Crippen molar-refractivity contribution in [2.75, 3.05) is 18.6 Å². The molecule has 0 spiro atoms. The third-order valence-corrected chi connectivity index (χ3v) is 5.71. The average molecular weight is 361 g/mol. The lowest BCUT2D eigenvalue weighted by molar-refractivity contribution is 0.0531. The third kappa shape index (κ3) is 3.14. The maximum Gasteiger partial charge on any atom is 0.348 e. The molecule has 0 fully saturated rings. The number of hydrogen-bond donors (Lipinski definition) is 0. The number of aryl methyl sites for hydroxylation is 2. The van der Waals surface area contributed by atoms with E-state index in [4.69, 9.17) is 4.74 Å². The topological polar surface area (TPSA) is 55.3 Å². The van der Waals surface area contributed by atoms with Gasteiger partial charge in [0, 0.05) is 11.9 Å². The monoisotopic (exact) mass is 361 g/mol. The van der Waals surface area contributed by atoms with E-state index in [2.05, 4.69) is 26.3 Å². The molecule has 0 aromatic carbocycles. The summed E-state index contributed by atoms with van der Waals surface area (Å²) >= 11 is 3.10. The van der Waals surface area contributed by atoms with Gasteiger partial charge in [-0.2, -0.15) is 0 Å². The first-order valence-electron chi connectivity index (χ1n) is 7.69. The molecule has 0 aliphatic heterocycles. The number of carbonyl (C=O) groups is 1. The van der Waals surface area contributed by atoms with Crippen LogP contribution in [-0.4, -0.2) is 29.6 Å². The smallest absolute Gasteiger partial charge is 0.348 e. The molecule has 126 valence electrons. The molecule has 0 saturated carbocycles. The lowest BCUT2D eigenvalue weighted by Gasteiger charge is -2.19. The van der Waals surface area contributed by atoms with Crippen molar-refractivity contribution in [1.82, 2.24) is 9.97 Å². The van der Waals surface area contributed by atoms with Gasteiger partial charge in [0.15, 0.2) is 0 Å². The van der Waals surface area contributed by atoms with Crippen LogP contribution in [0.4, 0.5) is 5.82 Å². The van der Waals surface area contributed by atoms with Crippen LogP contribution in [0.25, 0.3) is 10.2 Å². The fourth-order valence-corrected chi connectivity index (χ4v) is 4.47. The number of rotatable bonds is 5. The molecule has 0 unspecified atom stereocenters. The lowest BCUT2D eigenvalue weighted by atomic mass is 10.2. The second-order valence-electron chi connectivity index (χ2n) is 5.49. The van der Waals surface area contributed by atoms with Crippen molar-refractivity contribution in [3.8, 4) is 0 Å². The highest BCUT2D eigenvalue weighted by Gasteiger charge is 2.22. The zero-order valence-electron chi connectivity index (χ0n) is 14.1. The summed E-state index contributed by atoms with van der Waals surface area (Å²) in [7, 11) is 2.02. The molecular weight excluding hydrogens is 342 g/mol. The summed E-state index contributed by atoms with van der Waals surface area (Å²) in [6.07, 6.45) is 0. The van der Waals surface area contributed by atoms with E-state index in [-0.39, 0.29) is 5.97 Å². The summed E-state index contributed by atoms with van der Waals surface area (Å²) < 4.78 is 5.17. The van der Waals surface area contributed by atoms with Gasteiger partial charge in [-0.25, -0.2) is 14.8 Å². The van der Waals surface area contributed by atoms with Gasteiger partial charge in [-0.1, -0.05) is 6.07 Å². The molecule has 0 saturated heterocycles. The predicted molar refractivity (Wildman–Crippen MR) is 99.3 cm³/mol. The summed E-state index contributed by atoms with van der Waals surface area (Å²) in [5.41, 5.74) is 0.890. The fourth-order valence-electron chi connectivity index (χ4n) is 2.60. The van der Waals surface area contributed by atoms with E-state index >= 15 is 0 Å². The first kappa shape index (κ1) is 16.9. The zero-order valence-corrected chi connectivity index (χ0v) is 15.8. The minimum atomic E-state index is -0.289. The van der Waals surface area contributed by atoms with Gasteiger partial charge in [0.05, 0.1) is 18.5 Å². The molecule has 0 bridgehead atoms. The number of anilines is 1. The van der Waals surface area contributed by atoms with Crippen molar-refractivity contribution < 1.29 is 9.53 Å². The van der Waals surface area contributed by atoms with Crippen molar-refractivity contribution in [2.24, 2.45) is 0 Å². The maximum absolute atomic E-state index is 12.2. The Morgan fingerprint density at radius 1 is 1.33 bits per heavy atom. The Morgan fingerprint density at radius 3 is 2.79 bits per heavy atom. The molecule has 3 aromatic rings. The quantitative estimate of drug-likeness (QED) is 0.638. The number of hydrogen-bond acceptors (Lipinski definition) is 7. The Balaban J connectivity index is 2.08. The predicted octanol–water partition coefficient (Wildman–Crippen LogP) is 4.18. The highest BCUT2D eigenvalue weighted by atomic mass is 32.1. The standard InChI is InChI=1S/C17H19N3O2S2/c1-5-22-17(21)14-10(2)13-15(18-11(3)19-16(13)24-14)20(4)9-12-7-6-8-23-12/h6-8H,5,9H2,1-4H3. The van der Waals surface area contributed by atoms with Crippen molar-refractivity contribution in [3.63, 3.8) is 0 Å². The molecule has 0 N–H and O–H groups in total. The number of thiophene rings is 2. The van der Waals surface area contributed by atoms with Crippen LogP contribution in [0.5, 0.6) is 0 Å². The SMILES string of the molecule is CCOC(=O)c1sc2nc(C)nc(N(C)Cc3cccs3)c2c1C. The van der Waals surface area contributed by atoms with Crippen LogP contribution >= 0.6 is 22.7 Å². The Kier molecular flexibility index (Phi) is 4.82. The molecule has 7 heteroatoms. The minimum absolute atomic E-state index is 0.289. The normalized spacial score (nSPS) is 11.0. The number of nitrogens with zero attached hydrogens (tertiary/aromatic N) is 3. The fraction of sp³-hybridized carbons (Fsp3) is 0.353. The summed E-state index contributed by atoms with van der Waals surface area (Å²) in [5.74, 6) is 1.27. The van der Waals surface area contributed by atoms with Gasteiger partial charge in [-0.05, 0) is 37.8 Å². The lowest BCUT2D eigenvalue weighted by Crippen LogP contribution is -2.18. The van der Waals surface area contributed by atoms with Crippen LogP contribution in [-0.2, 0) is 11.3 Å². The van der Waals surface area contributed by atoms with Gasteiger partial charge in [-0.15, -0.1) is 22.7 Å². The van der Waals surface area contributed by atoms with E-state index in [1.165, 1.54) is 16.2 Å². The van der Waals surface area contributed by atoms with Gasteiger partial charge >= 0.3 is 5.97 Å². The molecular formula is C17H19N3O2S2. The van der Waals surface area contributed by atoms with Crippen molar-refractivity contribution in [2.45, 2.75) is 27.3 Å². The van der Waals surface area contributed by atoms with Crippen molar-refractivity contribution in [3.05, 3.63) is 38.7 Å². The highest BCUT2D eigenvalue weighted by Crippen LogP contribution is 2.36. The van der Waals surface area contributed by atoms with Crippen LogP contribution in [0.1, 0.15) is 32.9 Å². The van der Waals surface area contributed by atoms with E-state index in [0.717, 1.165) is 28.1 Å². The van der Waals surface area contributed by atoms with Crippen LogP contribution in [0.3, 0.4) is 0 Å². The first-order chi connectivity index (χ1) is 11.5. The van der Waals surface area contributed by atoms with Gasteiger partial charge in [0.1, 0.15) is 21.3 Å². The van der Waals surface area contributed by atoms with Crippen LogP contribution < -0.4 is 4.90 Å². The van der Waals surface area contributed by atoms with Gasteiger partial charge in [-0.3, -0.25) is 0 Å². The zero-order chi connectivity index (χ0) is 17.3. The molecule has 0 amide bonds. The Hall–Kier alpha value is -1.99. The van der Waals surface area contributed by atoms with Gasteiger partial charge in [0.25, 0.3) is 0 Å². The number of aromatic nitrogens is 2. The van der Waals surface area contributed by atoms with E-state index in [1.807, 2.05) is 33.9 Å². The maximum atomic E-state index is 12.2. The molecule has 3 rings (SSSR count). The Morgan fingerprint density at radius 2 is 2.12 bits per heavy atom. The number of carbonyl (C=O) groups excluding carboxylic acids is 1. The first-order valence-corrected chi connectivity index (χ1v) is 9.39. The minimum Gasteiger partial charge on any atom is -0.462 e. The van der Waals surface area contributed by atoms with Gasteiger partial charge in [0.2, 0.25) is 0 Å². The molecule has 0 aliphatic carbocycles.